The summed E-state index contributed by atoms with van der Waals surface area (Å²) in [5.74, 6) is -2.40. The first kappa shape index (κ1) is 13.9. The SMILES string of the molecule is COC(=O)C1CC(=O)N(c2cc(F)cc([N+](=O)[O-])c2)C1. The van der Waals surface area contributed by atoms with Crippen molar-refractivity contribution in [3.05, 3.63) is 34.1 Å². The Morgan fingerprint density at radius 2 is 2.20 bits per heavy atom. The number of rotatable bonds is 3. The van der Waals surface area contributed by atoms with Crippen LogP contribution in [0.2, 0.25) is 0 Å². The Bertz CT molecular complexity index is 589. The fraction of sp³-hybridized carbons (Fsp3) is 0.333. The molecule has 0 spiro atoms. The van der Waals surface area contributed by atoms with Crippen LogP contribution in [0.4, 0.5) is 15.8 Å². The second-order valence-corrected chi connectivity index (χ2v) is 4.35. The Morgan fingerprint density at radius 3 is 2.80 bits per heavy atom. The van der Waals surface area contributed by atoms with E-state index in [-0.39, 0.29) is 18.7 Å². The number of nitro benzene ring substituents is 1. The fourth-order valence-electron chi connectivity index (χ4n) is 2.10. The molecule has 1 aromatic rings. The van der Waals surface area contributed by atoms with Gasteiger partial charge in [0.2, 0.25) is 5.91 Å². The summed E-state index contributed by atoms with van der Waals surface area (Å²) in [6.07, 6.45) is -0.0585. The first-order chi connectivity index (χ1) is 9.42. The topological polar surface area (TPSA) is 89.8 Å². The lowest BCUT2D eigenvalue weighted by Crippen LogP contribution is -2.26. The molecule has 1 heterocycles. The summed E-state index contributed by atoms with van der Waals surface area (Å²) in [4.78, 5) is 34.3. The zero-order valence-electron chi connectivity index (χ0n) is 10.5. The van der Waals surface area contributed by atoms with Crippen molar-refractivity contribution in [2.45, 2.75) is 6.42 Å². The molecule has 20 heavy (non-hydrogen) atoms. The minimum atomic E-state index is -0.816. The number of nitro groups is 1. The Balaban J connectivity index is 2.30. The maximum absolute atomic E-state index is 13.4. The maximum atomic E-state index is 13.4. The number of carbonyl (C=O) groups excluding carboxylic acids is 2. The number of methoxy groups -OCH3 is 1. The minimum absolute atomic E-state index is 0.0200. The zero-order chi connectivity index (χ0) is 14.9. The molecule has 7 nitrogen and oxygen atoms in total. The predicted octanol–water partition coefficient (Wildman–Crippen LogP) is 1.26. The van der Waals surface area contributed by atoms with E-state index in [4.69, 9.17) is 0 Å². The molecule has 1 saturated heterocycles. The number of benzene rings is 1. The van der Waals surface area contributed by atoms with Crippen LogP contribution in [0.1, 0.15) is 6.42 Å². The first-order valence-electron chi connectivity index (χ1n) is 5.75. The van der Waals surface area contributed by atoms with Crippen LogP contribution in [0, 0.1) is 21.8 Å². The molecule has 1 aliphatic heterocycles. The first-order valence-corrected chi connectivity index (χ1v) is 5.75. The van der Waals surface area contributed by atoms with Crippen molar-refractivity contribution in [3.8, 4) is 0 Å². The van der Waals surface area contributed by atoms with Crippen LogP contribution in [-0.2, 0) is 14.3 Å². The number of hydrogen-bond donors (Lipinski definition) is 0. The van der Waals surface area contributed by atoms with E-state index < -0.39 is 34.2 Å². The van der Waals surface area contributed by atoms with Crippen LogP contribution in [0.5, 0.6) is 0 Å². The predicted molar refractivity (Wildman–Crippen MR) is 65.5 cm³/mol. The molecular formula is C12H11FN2O5. The number of non-ortho nitro benzene ring substituents is 1. The normalized spacial score (nSPS) is 18.2. The van der Waals surface area contributed by atoms with Crippen molar-refractivity contribution in [1.29, 1.82) is 0 Å². The van der Waals surface area contributed by atoms with E-state index >= 15 is 0 Å². The van der Waals surface area contributed by atoms with Gasteiger partial charge in [-0.05, 0) is 6.07 Å². The molecular weight excluding hydrogens is 271 g/mol. The fourth-order valence-corrected chi connectivity index (χ4v) is 2.10. The van der Waals surface area contributed by atoms with Crippen LogP contribution in [-0.4, -0.2) is 30.5 Å². The molecule has 1 fully saturated rings. The van der Waals surface area contributed by atoms with Crippen LogP contribution in [0.15, 0.2) is 18.2 Å². The quantitative estimate of drug-likeness (QED) is 0.473. The zero-order valence-corrected chi connectivity index (χ0v) is 10.5. The van der Waals surface area contributed by atoms with E-state index in [2.05, 4.69) is 4.74 Å². The van der Waals surface area contributed by atoms with E-state index in [1.165, 1.54) is 7.11 Å². The molecule has 0 N–H and O–H groups in total. The summed E-state index contributed by atoms with van der Waals surface area (Å²) in [6, 6.07) is 2.88. The standard InChI is InChI=1S/C12H11FN2O5/c1-20-12(17)7-2-11(16)14(6-7)9-3-8(13)4-10(5-9)15(18)19/h3-5,7H,2,6H2,1H3. The Morgan fingerprint density at radius 1 is 1.50 bits per heavy atom. The number of anilines is 1. The molecule has 1 atom stereocenters. The number of nitrogens with zero attached hydrogens (tertiary/aromatic N) is 2. The third kappa shape index (κ3) is 2.58. The molecule has 106 valence electrons. The molecule has 1 amide bonds. The van der Waals surface area contributed by atoms with Crippen LogP contribution >= 0.6 is 0 Å². The average Bonchev–Trinajstić information content (AvgIpc) is 2.79. The number of esters is 1. The van der Waals surface area contributed by atoms with E-state index in [1.54, 1.807) is 0 Å². The number of amides is 1. The van der Waals surface area contributed by atoms with Crippen molar-refractivity contribution in [2.75, 3.05) is 18.6 Å². The maximum Gasteiger partial charge on any atom is 0.311 e. The Kier molecular flexibility index (Phi) is 3.64. The molecule has 2 rings (SSSR count). The van der Waals surface area contributed by atoms with Gasteiger partial charge in [0.1, 0.15) is 5.82 Å². The molecule has 1 unspecified atom stereocenters. The lowest BCUT2D eigenvalue weighted by atomic mass is 10.1. The summed E-state index contributed by atoms with van der Waals surface area (Å²) in [5, 5.41) is 10.7. The van der Waals surface area contributed by atoms with Crippen LogP contribution in [0.3, 0.4) is 0 Å². The molecule has 0 aliphatic carbocycles. The number of hydrogen-bond acceptors (Lipinski definition) is 5. The highest BCUT2D eigenvalue weighted by atomic mass is 19.1. The third-order valence-corrected chi connectivity index (χ3v) is 3.05. The smallest absolute Gasteiger partial charge is 0.311 e. The van der Waals surface area contributed by atoms with Crippen LogP contribution < -0.4 is 4.90 Å². The molecule has 0 saturated carbocycles. The summed E-state index contributed by atoms with van der Waals surface area (Å²) in [6.45, 7) is 0.0200. The molecule has 0 aromatic heterocycles. The van der Waals surface area contributed by atoms with Gasteiger partial charge in [-0.25, -0.2) is 4.39 Å². The van der Waals surface area contributed by atoms with E-state index in [0.717, 1.165) is 23.1 Å². The van der Waals surface area contributed by atoms with E-state index in [1.807, 2.05) is 0 Å². The molecule has 0 radical (unpaired) electrons. The second-order valence-electron chi connectivity index (χ2n) is 4.35. The molecule has 8 heteroatoms. The Hall–Kier alpha value is -2.51. The van der Waals surface area contributed by atoms with Crippen molar-refractivity contribution in [1.82, 2.24) is 0 Å². The van der Waals surface area contributed by atoms with Gasteiger partial charge in [-0.15, -0.1) is 0 Å². The largest absolute Gasteiger partial charge is 0.469 e. The van der Waals surface area contributed by atoms with Gasteiger partial charge in [-0.1, -0.05) is 0 Å². The van der Waals surface area contributed by atoms with Crippen LogP contribution in [0.25, 0.3) is 0 Å². The highest BCUT2D eigenvalue weighted by molar-refractivity contribution is 5.99. The highest BCUT2D eigenvalue weighted by Gasteiger charge is 2.36. The summed E-state index contributed by atoms with van der Waals surface area (Å²) in [7, 11) is 1.21. The molecule has 1 aliphatic rings. The van der Waals surface area contributed by atoms with Gasteiger partial charge in [-0.3, -0.25) is 19.7 Å². The van der Waals surface area contributed by atoms with E-state index in [0.29, 0.717) is 0 Å². The van der Waals surface area contributed by atoms with Gasteiger partial charge in [0.15, 0.2) is 0 Å². The highest BCUT2D eigenvalue weighted by Crippen LogP contribution is 2.29. The lowest BCUT2D eigenvalue weighted by Gasteiger charge is -2.16. The molecule has 1 aromatic carbocycles. The average molecular weight is 282 g/mol. The van der Waals surface area contributed by atoms with Gasteiger partial charge in [0.25, 0.3) is 5.69 Å². The van der Waals surface area contributed by atoms with E-state index in [9.17, 15) is 24.1 Å². The lowest BCUT2D eigenvalue weighted by molar-refractivity contribution is -0.385. The van der Waals surface area contributed by atoms with Crippen molar-refractivity contribution < 1.29 is 23.6 Å². The summed E-state index contributed by atoms with van der Waals surface area (Å²) in [5.41, 5.74) is -0.387. The van der Waals surface area contributed by atoms with Gasteiger partial charge >= 0.3 is 5.97 Å². The van der Waals surface area contributed by atoms with Crippen molar-refractivity contribution in [2.24, 2.45) is 5.92 Å². The number of halogens is 1. The van der Waals surface area contributed by atoms with Gasteiger partial charge in [0, 0.05) is 19.0 Å². The number of carbonyl (C=O) groups is 2. The summed E-state index contributed by atoms with van der Waals surface area (Å²) >= 11 is 0. The second kappa shape index (κ2) is 5.24. The van der Waals surface area contributed by atoms with Gasteiger partial charge < -0.3 is 9.64 Å². The minimum Gasteiger partial charge on any atom is -0.469 e. The van der Waals surface area contributed by atoms with Crippen molar-refractivity contribution >= 4 is 23.3 Å². The van der Waals surface area contributed by atoms with Gasteiger partial charge in [-0.2, -0.15) is 0 Å². The Labute approximate surface area is 113 Å². The monoisotopic (exact) mass is 282 g/mol. The third-order valence-electron chi connectivity index (χ3n) is 3.05. The summed E-state index contributed by atoms with van der Waals surface area (Å²) < 4.78 is 17.9. The van der Waals surface area contributed by atoms with Gasteiger partial charge in [0.05, 0.1) is 29.7 Å². The number of ether oxygens (including phenoxy) is 1. The van der Waals surface area contributed by atoms with Crippen molar-refractivity contribution in [3.63, 3.8) is 0 Å². The molecule has 0 bridgehead atoms.